The molecule has 25 heavy (non-hydrogen) atoms. The first-order valence-electron chi connectivity index (χ1n) is 7.48. The van der Waals surface area contributed by atoms with Crippen molar-refractivity contribution in [3.8, 4) is 0 Å². The minimum atomic E-state index is -0.485. The Hall–Kier alpha value is -2.45. The molecule has 0 aliphatic carbocycles. The summed E-state index contributed by atoms with van der Waals surface area (Å²) in [7, 11) is 1.31. The number of ether oxygens (including phenoxy) is 1. The van der Waals surface area contributed by atoms with E-state index in [1.165, 1.54) is 30.2 Å². The normalized spacial score (nSPS) is 10.6. The van der Waals surface area contributed by atoms with Gasteiger partial charge in [-0.2, -0.15) is 0 Å². The quantitative estimate of drug-likeness (QED) is 0.525. The van der Waals surface area contributed by atoms with Crippen molar-refractivity contribution in [2.24, 2.45) is 0 Å². The van der Waals surface area contributed by atoms with Crippen LogP contribution in [0.15, 0.2) is 47.8 Å². The van der Waals surface area contributed by atoms with Gasteiger partial charge in [0.25, 0.3) is 0 Å². The molecular formula is C17H15N3O3S2. The minimum Gasteiger partial charge on any atom is -0.465 e. The van der Waals surface area contributed by atoms with Crippen LogP contribution in [0.3, 0.4) is 0 Å². The Bertz CT molecular complexity index is 897. The molecule has 8 heteroatoms. The fourth-order valence-corrected chi connectivity index (χ4v) is 4.00. The molecule has 3 heterocycles. The van der Waals surface area contributed by atoms with Crippen LogP contribution >= 0.6 is 23.1 Å². The van der Waals surface area contributed by atoms with Crippen molar-refractivity contribution in [2.75, 3.05) is 18.2 Å². The number of carbonyl (C=O) groups excluding carboxylic acids is 2. The van der Waals surface area contributed by atoms with Crippen molar-refractivity contribution in [2.45, 2.75) is 11.4 Å². The van der Waals surface area contributed by atoms with Crippen molar-refractivity contribution >= 4 is 50.9 Å². The third kappa shape index (κ3) is 4.15. The number of aromatic nitrogens is 2. The molecule has 0 saturated heterocycles. The molecule has 0 bridgehead atoms. The van der Waals surface area contributed by atoms with Crippen LogP contribution in [0.2, 0.25) is 0 Å². The van der Waals surface area contributed by atoms with Gasteiger partial charge in [0.05, 0.1) is 17.8 Å². The lowest BCUT2D eigenvalue weighted by Gasteiger charge is -2.06. The summed E-state index contributed by atoms with van der Waals surface area (Å²) in [6.07, 6.45) is 3.67. The van der Waals surface area contributed by atoms with Crippen LogP contribution in [-0.2, 0) is 9.53 Å². The molecule has 0 aliphatic rings. The Kier molecular flexibility index (Phi) is 5.62. The van der Waals surface area contributed by atoms with E-state index < -0.39 is 5.97 Å². The van der Waals surface area contributed by atoms with Crippen LogP contribution in [0.1, 0.15) is 16.1 Å². The third-order valence-corrected chi connectivity index (χ3v) is 5.36. The standard InChI is InChI=1S/C17H15N3O3S2/c1-23-17(22)15-14(11-5-4-9-19-16(11)25-15)20-12(21)7-10-24-13-6-2-3-8-18-13/h2-6,8-9H,7,10H2,1H3,(H,20,21). The number of pyridine rings is 2. The molecule has 0 radical (unpaired) electrons. The van der Waals surface area contributed by atoms with Gasteiger partial charge < -0.3 is 10.1 Å². The first-order chi connectivity index (χ1) is 12.2. The van der Waals surface area contributed by atoms with Crippen LogP contribution in [0.5, 0.6) is 0 Å². The average Bonchev–Trinajstić information content (AvgIpc) is 3.00. The summed E-state index contributed by atoms with van der Waals surface area (Å²) in [6, 6.07) is 9.24. The smallest absolute Gasteiger partial charge is 0.350 e. The molecule has 0 unspecified atom stereocenters. The van der Waals surface area contributed by atoms with Crippen LogP contribution in [-0.4, -0.2) is 34.7 Å². The lowest BCUT2D eigenvalue weighted by atomic mass is 10.2. The molecule has 128 valence electrons. The summed E-state index contributed by atoms with van der Waals surface area (Å²) in [5.74, 6) is -0.0604. The largest absolute Gasteiger partial charge is 0.465 e. The summed E-state index contributed by atoms with van der Waals surface area (Å²) < 4.78 is 4.81. The van der Waals surface area contributed by atoms with Crippen molar-refractivity contribution in [3.63, 3.8) is 0 Å². The Morgan fingerprint density at radius 2 is 2.04 bits per heavy atom. The van der Waals surface area contributed by atoms with Crippen molar-refractivity contribution in [1.29, 1.82) is 0 Å². The maximum atomic E-state index is 12.3. The Balaban J connectivity index is 1.71. The van der Waals surface area contributed by atoms with Gasteiger partial charge in [0, 0.05) is 30.0 Å². The fraction of sp³-hybridized carbons (Fsp3) is 0.176. The number of esters is 1. The van der Waals surface area contributed by atoms with E-state index in [9.17, 15) is 9.59 Å². The van der Waals surface area contributed by atoms with Crippen LogP contribution < -0.4 is 5.32 Å². The number of rotatable bonds is 6. The van der Waals surface area contributed by atoms with Gasteiger partial charge in [-0.05, 0) is 24.3 Å². The number of carbonyl (C=O) groups is 2. The number of methoxy groups -OCH3 is 1. The molecular weight excluding hydrogens is 358 g/mol. The maximum absolute atomic E-state index is 12.3. The van der Waals surface area contributed by atoms with Crippen LogP contribution in [0.25, 0.3) is 10.2 Å². The summed E-state index contributed by atoms with van der Waals surface area (Å²) in [6.45, 7) is 0. The number of fused-ring (bicyclic) bond motifs is 1. The van der Waals surface area contributed by atoms with Gasteiger partial charge in [0.1, 0.15) is 9.71 Å². The predicted molar refractivity (Wildman–Crippen MR) is 99.2 cm³/mol. The lowest BCUT2D eigenvalue weighted by Crippen LogP contribution is -2.14. The number of nitrogens with one attached hydrogen (secondary N) is 1. The summed E-state index contributed by atoms with van der Waals surface area (Å²) in [5, 5.41) is 4.44. The lowest BCUT2D eigenvalue weighted by molar-refractivity contribution is -0.115. The highest BCUT2D eigenvalue weighted by Crippen LogP contribution is 2.35. The number of thiophene rings is 1. The summed E-state index contributed by atoms with van der Waals surface area (Å²) >= 11 is 2.71. The molecule has 0 spiro atoms. The highest BCUT2D eigenvalue weighted by Gasteiger charge is 2.21. The molecule has 3 aromatic rings. The van der Waals surface area contributed by atoms with Gasteiger partial charge in [0.2, 0.25) is 5.91 Å². The number of amides is 1. The molecule has 1 amide bonds. The zero-order chi connectivity index (χ0) is 17.6. The van der Waals surface area contributed by atoms with E-state index in [4.69, 9.17) is 4.74 Å². The number of nitrogens with zero attached hydrogens (tertiary/aromatic N) is 2. The highest BCUT2D eigenvalue weighted by molar-refractivity contribution is 7.99. The van der Waals surface area contributed by atoms with E-state index in [-0.39, 0.29) is 5.91 Å². The van der Waals surface area contributed by atoms with Gasteiger partial charge in [-0.25, -0.2) is 14.8 Å². The Morgan fingerprint density at radius 3 is 2.80 bits per heavy atom. The molecule has 3 rings (SSSR count). The summed E-state index contributed by atoms with van der Waals surface area (Å²) in [5.41, 5.74) is 0.466. The molecule has 0 aromatic carbocycles. The second kappa shape index (κ2) is 8.09. The van der Waals surface area contributed by atoms with Crippen molar-refractivity contribution in [3.05, 3.63) is 47.6 Å². The topological polar surface area (TPSA) is 81.2 Å². The van der Waals surface area contributed by atoms with E-state index in [2.05, 4.69) is 15.3 Å². The second-order valence-corrected chi connectivity index (χ2v) is 7.08. The van der Waals surface area contributed by atoms with Gasteiger partial charge in [-0.15, -0.1) is 23.1 Å². The van der Waals surface area contributed by atoms with Gasteiger partial charge >= 0.3 is 5.97 Å². The number of anilines is 1. The molecule has 0 aliphatic heterocycles. The number of thioether (sulfide) groups is 1. The SMILES string of the molecule is COC(=O)c1sc2ncccc2c1NC(=O)CCSc1ccccn1. The zero-order valence-corrected chi connectivity index (χ0v) is 15.0. The number of hydrogen-bond acceptors (Lipinski definition) is 7. The minimum absolute atomic E-state index is 0.169. The Labute approximate surface area is 152 Å². The van der Waals surface area contributed by atoms with Crippen molar-refractivity contribution in [1.82, 2.24) is 9.97 Å². The predicted octanol–water partition coefficient (Wildman–Crippen LogP) is 3.60. The highest BCUT2D eigenvalue weighted by atomic mass is 32.2. The molecule has 6 nitrogen and oxygen atoms in total. The first-order valence-corrected chi connectivity index (χ1v) is 9.28. The van der Waals surface area contributed by atoms with Gasteiger partial charge in [-0.3, -0.25) is 4.79 Å². The van der Waals surface area contributed by atoms with Crippen molar-refractivity contribution < 1.29 is 14.3 Å². The second-order valence-electron chi connectivity index (χ2n) is 4.97. The summed E-state index contributed by atoms with van der Waals surface area (Å²) in [4.78, 5) is 33.7. The zero-order valence-electron chi connectivity index (χ0n) is 13.4. The number of hydrogen-bond donors (Lipinski definition) is 1. The Morgan fingerprint density at radius 1 is 1.20 bits per heavy atom. The van der Waals surface area contributed by atoms with Gasteiger partial charge in [0.15, 0.2) is 0 Å². The van der Waals surface area contributed by atoms with E-state index in [0.29, 0.717) is 27.6 Å². The van der Waals surface area contributed by atoms with Crippen LogP contribution in [0.4, 0.5) is 5.69 Å². The average molecular weight is 373 g/mol. The van der Waals surface area contributed by atoms with Gasteiger partial charge in [-0.1, -0.05) is 6.07 Å². The molecule has 1 N–H and O–H groups in total. The van der Waals surface area contributed by atoms with Crippen LogP contribution in [0, 0.1) is 0 Å². The molecule has 0 fully saturated rings. The first kappa shape index (κ1) is 17.4. The van der Waals surface area contributed by atoms with E-state index in [0.717, 1.165) is 10.4 Å². The third-order valence-electron chi connectivity index (χ3n) is 3.32. The monoisotopic (exact) mass is 373 g/mol. The van der Waals surface area contributed by atoms with E-state index in [1.807, 2.05) is 24.3 Å². The molecule has 0 atom stereocenters. The van der Waals surface area contributed by atoms with E-state index >= 15 is 0 Å². The molecule has 0 saturated carbocycles. The molecule has 3 aromatic heterocycles. The van der Waals surface area contributed by atoms with E-state index in [1.54, 1.807) is 18.5 Å². The maximum Gasteiger partial charge on any atom is 0.350 e. The fourth-order valence-electron chi connectivity index (χ4n) is 2.18.